The Morgan fingerprint density at radius 2 is 1.75 bits per heavy atom. The van der Waals surface area contributed by atoms with E-state index in [9.17, 15) is 4.79 Å². The van der Waals surface area contributed by atoms with Gasteiger partial charge in [0.1, 0.15) is 0 Å². The van der Waals surface area contributed by atoms with E-state index < -0.39 is 0 Å². The van der Waals surface area contributed by atoms with Crippen LogP contribution in [0.1, 0.15) is 22.4 Å². The number of benzene rings is 2. The minimum Gasteiger partial charge on any atom is -0.493 e. The van der Waals surface area contributed by atoms with Crippen molar-refractivity contribution in [3.05, 3.63) is 81.3 Å². The van der Waals surface area contributed by atoms with Crippen LogP contribution >= 0.6 is 11.8 Å². The SMILES string of the molecule is COc1ccc(Cc2cc(=O)[nH]c(SCc3ccc(C#N)cc3)n2)cc1OC. The van der Waals surface area contributed by atoms with E-state index in [2.05, 4.69) is 16.0 Å². The Kier molecular flexibility index (Phi) is 6.35. The van der Waals surface area contributed by atoms with E-state index in [0.717, 1.165) is 11.1 Å². The number of nitriles is 1. The van der Waals surface area contributed by atoms with Crippen molar-refractivity contribution in [3.63, 3.8) is 0 Å². The van der Waals surface area contributed by atoms with Gasteiger partial charge in [0.05, 0.1) is 31.5 Å². The Hall–Kier alpha value is -3.24. The van der Waals surface area contributed by atoms with Crippen LogP contribution in [0.2, 0.25) is 0 Å². The van der Waals surface area contributed by atoms with Crippen LogP contribution in [0, 0.1) is 11.3 Å². The standard InChI is InChI=1S/C21H19N3O3S/c1-26-18-8-7-16(10-19(18)27-2)9-17-11-20(25)24-21(23-17)28-13-15-5-3-14(12-22)4-6-15/h3-8,10-11H,9,13H2,1-2H3,(H,23,24,25). The zero-order chi connectivity index (χ0) is 19.9. The number of thioether (sulfide) groups is 1. The quantitative estimate of drug-likeness (QED) is 0.488. The van der Waals surface area contributed by atoms with Crippen molar-refractivity contribution in [2.45, 2.75) is 17.3 Å². The third kappa shape index (κ3) is 4.93. The molecule has 0 aliphatic heterocycles. The first kappa shape index (κ1) is 19.5. The first-order valence-corrected chi connectivity index (χ1v) is 9.53. The third-order valence-corrected chi connectivity index (χ3v) is 5.01. The second-order valence-corrected chi connectivity index (χ2v) is 6.97. The van der Waals surface area contributed by atoms with Crippen LogP contribution in [-0.2, 0) is 12.2 Å². The Morgan fingerprint density at radius 1 is 1.04 bits per heavy atom. The summed E-state index contributed by atoms with van der Waals surface area (Å²) in [6.45, 7) is 0. The van der Waals surface area contributed by atoms with Crippen molar-refractivity contribution in [1.82, 2.24) is 9.97 Å². The molecule has 0 atom stereocenters. The molecule has 6 nitrogen and oxygen atoms in total. The molecule has 3 rings (SSSR count). The molecule has 7 heteroatoms. The number of aromatic amines is 1. The number of rotatable bonds is 7. The first-order valence-electron chi connectivity index (χ1n) is 8.54. The Bertz CT molecular complexity index is 1060. The van der Waals surface area contributed by atoms with E-state index in [0.29, 0.717) is 40.1 Å². The van der Waals surface area contributed by atoms with Gasteiger partial charge < -0.3 is 14.5 Å². The topological polar surface area (TPSA) is 88.0 Å². The molecule has 0 saturated carbocycles. The highest BCUT2D eigenvalue weighted by atomic mass is 32.2. The molecule has 0 spiro atoms. The Balaban J connectivity index is 1.74. The average molecular weight is 393 g/mol. The summed E-state index contributed by atoms with van der Waals surface area (Å²) in [5.74, 6) is 1.94. The van der Waals surface area contributed by atoms with E-state index in [1.807, 2.05) is 30.3 Å². The molecule has 0 aliphatic rings. The lowest BCUT2D eigenvalue weighted by atomic mass is 10.1. The van der Waals surface area contributed by atoms with Gasteiger partial charge in [-0.25, -0.2) is 4.98 Å². The maximum atomic E-state index is 12.0. The summed E-state index contributed by atoms with van der Waals surface area (Å²) in [5, 5.41) is 9.42. The minimum absolute atomic E-state index is 0.187. The number of hydrogen-bond donors (Lipinski definition) is 1. The van der Waals surface area contributed by atoms with Gasteiger partial charge in [-0.15, -0.1) is 0 Å². The summed E-state index contributed by atoms with van der Waals surface area (Å²) in [7, 11) is 3.18. The van der Waals surface area contributed by atoms with E-state index in [4.69, 9.17) is 14.7 Å². The highest BCUT2D eigenvalue weighted by molar-refractivity contribution is 7.98. The van der Waals surface area contributed by atoms with Gasteiger partial charge in [-0.1, -0.05) is 30.0 Å². The molecule has 1 aromatic heterocycles. The molecular formula is C21H19N3O3S. The number of nitrogens with one attached hydrogen (secondary N) is 1. The maximum absolute atomic E-state index is 12.0. The molecule has 2 aromatic carbocycles. The van der Waals surface area contributed by atoms with Gasteiger partial charge in [-0.3, -0.25) is 4.79 Å². The van der Waals surface area contributed by atoms with Crippen molar-refractivity contribution >= 4 is 11.8 Å². The zero-order valence-corrected chi connectivity index (χ0v) is 16.4. The maximum Gasteiger partial charge on any atom is 0.251 e. The number of H-pyrrole nitrogens is 1. The monoisotopic (exact) mass is 393 g/mol. The van der Waals surface area contributed by atoms with E-state index in [1.54, 1.807) is 26.4 Å². The number of methoxy groups -OCH3 is 2. The molecule has 0 saturated heterocycles. The Morgan fingerprint density at radius 3 is 2.43 bits per heavy atom. The molecule has 1 heterocycles. The van der Waals surface area contributed by atoms with Crippen molar-refractivity contribution in [2.75, 3.05) is 14.2 Å². The van der Waals surface area contributed by atoms with Gasteiger partial charge in [0, 0.05) is 18.2 Å². The first-order chi connectivity index (χ1) is 13.6. The van der Waals surface area contributed by atoms with Gasteiger partial charge in [0.25, 0.3) is 5.56 Å². The number of hydrogen-bond acceptors (Lipinski definition) is 6. The molecule has 28 heavy (non-hydrogen) atoms. The van der Waals surface area contributed by atoms with Gasteiger partial charge >= 0.3 is 0 Å². The fraction of sp³-hybridized carbons (Fsp3) is 0.190. The number of nitrogens with zero attached hydrogens (tertiary/aromatic N) is 2. The zero-order valence-electron chi connectivity index (χ0n) is 15.6. The van der Waals surface area contributed by atoms with Gasteiger partial charge in [0.15, 0.2) is 16.7 Å². The van der Waals surface area contributed by atoms with Crippen LogP contribution in [0.25, 0.3) is 0 Å². The van der Waals surface area contributed by atoms with Crippen molar-refractivity contribution in [1.29, 1.82) is 5.26 Å². The summed E-state index contributed by atoms with van der Waals surface area (Å²) < 4.78 is 10.6. The van der Waals surface area contributed by atoms with Gasteiger partial charge in [-0.2, -0.15) is 5.26 Å². The highest BCUT2D eigenvalue weighted by Gasteiger charge is 2.08. The van der Waals surface area contributed by atoms with Crippen LogP contribution < -0.4 is 15.0 Å². The second kappa shape index (κ2) is 9.11. The third-order valence-electron chi connectivity index (χ3n) is 4.06. The number of ether oxygens (including phenoxy) is 2. The molecule has 1 N–H and O–H groups in total. The van der Waals surface area contributed by atoms with Crippen molar-refractivity contribution in [2.24, 2.45) is 0 Å². The van der Waals surface area contributed by atoms with Gasteiger partial charge in [-0.05, 0) is 35.4 Å². The lowest BCUT2D eigenvalue weighted by Crippen LogP contribution is -2.10. The summed E-state index contributed by atoms with van der Waals surface area (Å²) >= 11 is 1.45. The van der Waals surface area contributed by atoms with Crippen molar-refractivity contribution in [3.8, 4) is 17.6 Å². The molecule has 0 aliphatic carbocycles. The molecule has 0 unspecified atom stereocenters. The summed E-state index contributed by atoms with van der Waals surface area (Å²) in [4.78, 5) is 19.4. The predicted molar refractivity (Wildman–Crippen MR) is 108 cm³/mol. The predicted octanol–water partition coefficient (Wildman–Crippen LogP) is 3.54. The fourth-order valence-corrected chi connectivity index (χ4v) is 3.52. The summed E-state index contributed by atoms with van der Waals surface area (Å²) in [6.07, 6.45) is 0.509. The van der Waals surface area contributed by atoms with Crippen LogP contribution in [0.15, 0.2) is 58.5 Å². The molecule has 0 radical (unpaired) electrons. The van der Waals surface area contributed by atoms with Crippen LogP contribution in [0.3, 0.4) is 0 Å². The van der Waals surface area contributed by atoms with E-state index >= 15 is 0 Å². The fourth-order valence-electron chi connectivity index (χ4n) is 2.67. The minimum atomic E-state index is -0.187. The molecule has 3 aromatic rings. The highest BCUT2D eigenvalue weighted by Crippen LogP contribution is 2.28. The number of aromatic nitrogens is 2. The van der Waals surface area contributed by atoms with Crippen LogP contribution in [-0.4, -0.2) is 24.2 Å². The summed E-state index contributed by atoms with van der Waals surface area (Å²) in [6, 6.07) is 16.6. The smallest absolute Gasteiger partial charge is 0.251 e. The second-order valence-electron chi connectivity index (χ2n) is 6.01. The van der Waals surface area contributed by atoms with Gasteiger partial charge in [0.2, 0.25) is 0 Å². The normalized spacial score (nSPS) is 10.3. The molecule has 0 bridgehead atoms. The van der Waals surface area contributed by atoms with E-state index in [1.165, 1.54) is 17.8 Å². The van der Waals surface area contributed by atoms with Crippen LogP contribution in [0.5, 0.6) is 11.5 Å². The average Bonchev–Trinajstić information content (AvgIpc) is 2.72. The van der Waals surface area contributed by atoms with Crippen molar-refractivity contribution < 1.29 is 9.47 Å². The van der Waals surface area contributed by atoms with E-state index in [-0.39, 0.29) is 5.56 Å². The molecule has 0 fully saturated rings. The molecular weight excluding hydrogens is 374 g/mol. The van der Waals surface area contributed by atoms with Crippen LogP contribution in [0.4, 0.5) is 0 Å². The molecule has 0 amide bonds. The molecule has 142 valence electrons. The largest absolute Gasteiger partial charge is 0.493 e. The summed E-state index contributed by atoms with van der Waals surface area (Å²) in [5.41, 5.74) is 3.14. The lowest BCUT2D eigenvalue weighted by Gasteiger charge is -2.10. The lowest BCUT2D eigenvalue weighted by molar-refractivity contribution is 0.354. The Labute approximate surface area is 167 Å².